The predicted molar refractivity (Wildman–Crippen MR) is 93.5 cm³/mol. The molecule has 0 saturated carbocycles. The Hall–Kier alpha value is -1.79. The largest absolute Gasteiger partial charge is 0.506 e. The van der Waals surface area contributed by atoms with Gasteiger partial charge in [-0.25, -0.2) is 4.79 Å². The second kappa shape index (κ2) is 6.84. The monoisotopic (exact) mass is 366 g/mol. The molecule has 0 aliphatic carbocycles. The van der Waals surface area contributed by atoms with Gasteiger partial charge in [0.25, 0.3) is 0 Å². The van der Waals surface area contributed by atoms with E-state index in [-0.39, 0.29) is 17.1 Å². The average Bonchev–Trinajstić information content (AvgIpc) is 2.94. The molecule has 6 nitrogen and oxygen atoms in total. The molecule has 1 aromatic rings. The standard InChI is InChI=1S/C18H23ClN2O4/c1-12(22)21-11-18(9-15(21)17(24)25)4-6-20(7-5-18)10-13-2-3-16(23)14(19)8-13/h2-3,8,15,23H,4-7,9-11H2,1H3,(H,24,25). The molecule has 1 unspecified atom stereocenters. The molecule has 25 heavy (non-hydrogen) atoms. The maximum absolute atomic E-state index is 11.8. The number of phenolic OH excluding ortho intramolecular Hbond substituents is 1. The van der Waals surface area contributed by atoms with Crippen LogP contribution >= 0.6 is 11.6 Å². The van der Waals surface area contributed by atoms with Crippen LogP contribution in [0.3, 0.4) is 0 Å². The lowest BCUT2D eigenvalue weighted by molar-refractivity contribution is -0.147. The van der Waals surface area contributed by atoms with Crippen LogP contribution < -0.4 is 0 Å². The summed E-state index contributed by atoms with van der Waals surface area (Å²) in [5.41, 5.74) is 0.955. The van der Waals surface area contributed by atoms with E-state index in [2.05, 4.69) is 4.90 Å². The first-order chi connectivity index (χ1) is 11.8. The third kappa shape index (κ3) is 3.75. The highest BCUT2D eigenvalue weighted by Crippen LogP contribution is 2.43. The number of hydrogen-bond donors (Lipinski definition) is 2. The first kappa shape index (κ1) is 18.0. The molecule has 136 valence electrons. The van der Waals surface area contributed by atoms with E-state index < -0.39 is 12.0 Å². The molecule has 2 N–H and O–H groups in total. The molecule has 1 spiro atoms. The Balaban J connectivity index is 1.62. The van der Waals surface area contributed by atoms with Crippen LogP contribution in [0.5, 0.6) is 5.75 Å². The number of carboxylic acids is 1. The van der Waals surface area contributed by atoms with Crippen molar-refractivity contribution in [1.82, 2.24) is 9.80 Å². The number of nitrogens with zero attached hydrogens (tertiary/aromatic N) is 2. The van der Waals surface area contributed by atoms with Crippen LogP contribution in [0, 0.1) is 5.41 Å². The van der Waals surface area contributed by atoms with Gasteiger partial charge in [0.15, 0.2) is 0 Å². The second-order valence-electron chi connectivity index (χ2n) is 7.27. The lowest BCUT2D eigenvalue weighted by atomic mass is 9.76. The number of benzene rings is 1. The van der Waals surface area contributed by atoms with Gasteiger partial charge in [0.2, 0.25) is 5.91 Å². The smallest absolute Gasteiger partial charge is 0.326 e. The zero-order valence-corrected chi connectivity index (χ0v) is 15.0. The van der Waals surface area contributed by atoms with Gasteiger partial charge >= 0.3 is 5.97 Å². The number of piperidine rings is 1. The fourth-order valence-electron chi connectivity index (χ4n) is 4.06. The van der Waals surface area contributed by atoms with Crippen LogP contribution in [0.4, 0.5) is 0 Å². The van der Waals surface area contributed by atoms with Crippen molar-refractivity contribution in [3.63, 3.8) is 0 Å². The van der Waals surface area contributed by atoms with Crippen molar-refractivity contribution >= 4 is 23.5 Å². The predicted octanol–water partition coefficient (Wildman–Crippen LogP) is 2.33. The summed E-state index contributed by atoms with van der Waals surface area (Å²) in [6.07, 6.45) is 2.31. The number of aromatic hydroxyl groups is 1. The van der Waals surface area contributed by atoms with Crippen LogP contribution in [0.2, 0.25) is 5.02 Å². The third-order valence-corrected chi connectivity index (χ3v) is 5.84. The number of aliphatic carboxylic acids is 1. The highest BCUT2D eigenvalue weighted by Gasteiger charge is 2.48. The highest BCUT2D eigenvalue weighted by molar-refractivity contribution is 6.32. The quantitative estimate of drug-likeness (QED) is 0.858. The molecule has 2 heterocycles. The summed E-state index contributed by atoms with van der Waals surface area (Å²) in [6.45, 7) is 4.44. The maximum atomic E-state index is 11.8. The first-order valence-electron chi connectivity index (χ1n) is 8.49. The molecule has 2 aliphatic rings. The molecule has 1 amide bonds. The van der Waals surface area contributed by atoms with Crippen molar-refractivity contribution in [2.75, 3.05) is 19.6 Å². The minimum absolute atomic E-state index is 0.0815. The van der Waals surface area contributed by atoms with Gasteiger partial charge in [0, 0.05) is 20.0 Å². The average molecular weight is 367 g/mol. The Morgan fingerprint density at radius 3 is 2.52 bits per heavy atom. The molecular weight excluding hydrogens is 344 g/mol. The van der Waals surface area contributed by atoms with Gasteiger partial charge in [0.1, 0.15) is 11.8 Å². The number of phenols is 1. The fourth-order valence-corrected chi connectivity index (χ4v) is 4.27. The summed E-state index contributed by atoms with van der Waals surface area (Å²) in [6, 6.07) is 4.54. The van der Waals surface area contributed by atoms with Gasteiger partial charge in [-0.2, -0.15) is 0 Å². The molecule has 1 atom stereocenters. The second-order valence-corrected chi connectivity index (χ2v) is 7.67. The van der Waals surface area contributed by atoms with E-state index in [1.165, 1.54) is 11.8 Å². The molecule has 2 fully saturated rings. The number of likely N-dealkylation sites (tertiary alicyclic amines) is 2. The fraction of sp³-hybridized carbons (Fsp3) is 0.556. The molecular formula is C18H23ClN2O4. The Labute approximate surface area is 152 Å². The summed E-state index contributed by atoms with van der Waals surface area (Å²) in [5, 5.41) is 19.3. The van der Waals surface area contributed by atoms with Crippen LogP contribution in [0.15, 0.2) is 18.2 Å². The molecule has 2 saturated heterocycles. The van der Waals surface area contributed by atoms with E-state index in [4.69, 9.17) is 11.6 Å². The maximum Gasteiger partial charge on any atom is 0.326 e. The number of carbonyl (C=O) groups is 2. The van der Waals surface area contributed by atoms with Crippen LogP contribution in [0.25, 0.3) is 0 Å². The van der Waals surface area contributed by atoms with Gasteiger partial charge < -0.3 is 15.1 Å². The lowest BCUT2D eigenvalue weighted by Gasteiger charge is -2.39. The van der Waals surface area contributed by atoms with Crippen molar-refractivity contribution in [2.24, 2.45) is 5.41 Å². The van der Waals surface area contributed by atoms with Crippen molar-refractivity contribution in [3.05, 3.63) is 28.8 Å². The normalized spacial score (nSPS) is 23.1. The highest BCUT2D eigenvalue weighted by atomic mass is 35.5. The van der Waals surface area contributed by atoms with Crippen molar-refractivity contribution in [1.29, 1.82) is 0 Å². The number of carbonyl (C=O) groups excluding carboxylic acids is 1. The summed E-state index contributed by atoms with van der Waals surface area (Å²) in [4.78, 5) is 27.1. The molecule has 2 aliphatic heterocycles. The minimum Gasteiger partial charge on any atom is -0.506 e. The Morgan fingerprint density at radius 2 is 2.00 bits per heavy atom. The van der Waals surface area contributed by atoms with E-state index in [1.807, 2.05) is 6.07 Å². The number of carboxylic acid groups (broad SMARTS) is 1. The van der Waals surface area contributed by atoms with E-state index in [9.17, 15) is 19.8 Å². The Morgan fingerprint density at radius 1 is 1.32 bits per heavy atom. The van der Waals surface area contributed by atoms with E-state index in [0.29, 0.717) is 18.0 Å². The van der Waals surface area contributed by atoms with Gasteiger partial charge in [-0.15, -0.1) is 0 Å². The number of amides is 1. The molecule has 0 bridgehead atoms. The summed E-state index contributed by atoms with van der Waals surface area (Å²) in [5.74, 6) is -0.989. The minimum atomic E-state index is -0.909. The van der Waals surface area contributed by atoms with Crippen LogP contribution in [0.1, 0.15) is 31.7 Å². The number of rotatable bonds is 3. The molecule has 1 aromatic carbocycles. The number of halogens is 1. The van der Waals surface area contributed by atoms with Crippen molar-refractivity contribution < 1.29 is 19.8 Å². The molecule has 0 aromatic heterocycles. The third-order valence-electron chi connectivity index (χ3n) is 5.53. The summed E-state index contributed by atoms with van der Waals surface area (Å²) in [7, 11) is 0. The van der Waals surface area contributed by atoms with Gasteiger partial charge in [0.05, 0.1) is 5.02 Å². The first-order valence-corrected chi connectivity index (χ1v) is 8.87. The molecule has 7 heteroatoms. The van der Waals surface area contributed by atoms with E-state index >= 15 is 0 Å². The Kier molecular flexibility index (Phi) is 4.93. The van der Waals surface area contributed by atoms with Crippen LogP contribution in [-0.4, -0.2) is 57.6 Å². The zero-order chi connectivity index (χ0) is 18.2. The number of hydrogen-bond acceptors (Lipinski definition) is 4. The van der Waals surface area contributed by atoms with Gasteiger partial charge in [-0.05, 0) is 55.5 Å². The topological polar surface area (TPSA) is 81.1 Å². The van der Waals surface area contributed by atoms with Crippen LogP contribution in [-0.2, 0) is 16.1 Å². The van der Waals surface area contributed by atoms with Crippen molar-refractivity contribution in [2.45, 2.75) is 38.8 Å². The summed E-state index contributed by atoms with van der Waals surface area (Å²) >= 11 is 5.96. The SMILES string of the molecule is CC(=O)N1CC2(CCN(Cc3ccc(O)c(Cl)c3)CC2)CC1C(=O)O. The molecule has 3 rings (SSSR count). The zero-order valence-electron chi connectivity index (χ0n) is 14.2. The van der Waals surface area contributed by atoms with E-state index in [0.717, 1.165) is 38.0 Å². The summed E-state index contributed by atoms with van der Waals surface area (Å²) < 4.78 is 0. The van der Waals surface area contributed by atoms with E-state index in [1.54, 1.807) is 12.1 Å². The molecule has 0 radical (unpaired) electrons. The lowest BCUT2D eigenvalue weighted by Crippen LogP contribution is -2.42. The van der Waals surface area contributed by atoms with Gasteiger partial charge in [-0.1, -0.05) is 17.7 Å². The van der Waals surface area contributed by atoms with Gasteiger partial charge in [-0.3, -0.25) is 9.69 Å². The Bertz CT molecular complexity index is 662. The van der Waals surface area contributed by atoms with Crippen molar-refractivity contribution in [3.8, 4) is 5.75 Å².